The lowest BCUT2D eigenvalue weighted by Gasteiger charge is -2.38. The Morgan fingerprint density at radius 2 is 1.05 bits per heavy atom. The number of halogens is 6. The van der Waals surface area contributed by atoms with Gasteiger partial charge in [0.25, 0.3) is 0 Å². The molecule has 0 saturated heterocycles. The van der Waals surface area contributed by atoms with Crippen LogP contribution in [0, 0.1) is 0 Å². The molecule has 11 heteroatoms. The van der Waals surface area contributed by atoms with Gasteiger partial charge in [0.05, 0.1) is 5.56 Å². The molecule has 0 saturated carbocycles. The van der Waals surface area contributed by atoms with E-state index < -0.39 is 40.6 Å². The number of phenols is 1. The number of aromatic hydroxyl groups is 1. The standard InChI is InChI=1S/C29H18F6O5/c30-28(31,32)27(29(33,34)35,20-5-9-22(37)10-6-20)21-7-15-25(16-8-21)40-26(38)19-3-13-24(14-4-19)39-23-11-1-18(17-36)2-12-23/h1-17,37H. The van der Waals surface area contributed by atoms with Gasteiger partial charge in [0.1, 0.15) is 29.3 Å². The number of ether oxygens (including phenoxy) is 2. The molecule has 0 heterocycles. The van der Waals surface area contributed by atoms with Crippen LogP contribution in [0.3, 0.4) is 0 Å². The second-order valence-electron chi connectivity index (χ2n) is 8.52. The normalized spacial score (nSPS) is 12.1. The molecule has 5 nitrogen and oxygen atoms in total. The number of aldehydes is 1. The van der Waals surface area contributed by atoms with Crippen LogP contribution in [0.5, 0.6) is 23.0 Å². The van der Waals surface area contributed by atoms with Crippen molar-refractivity contribution in [1.29, 1.82) is 0 Å². The van der Waals surface area contributed by atoms with Gasteiger partial charge in [-0.05, 0) is 83.9 Å². The zero-order chi connectivity index (χ0) is 29.1. The first kappa shape index (κ1) is 28.2. The molecule has 0 aliphatic rings. The van der Waals surface area contributed by atoms with Crippen LogP contribution in [-0.4, -0.2) is 29.7 Å². The number of rotatable bonds is 7. The Hall–Kier alpha value is -4.80. The molecule has 0 spiro atoms. The highest BCUT2D eigenvalue weighted by Gasteiger charge is 2.72. The Balaban J connectivity index is 1.55. The van der Waals surface area contributed by atoms with E-state index in [9.17, 15) is 41.0 Å². The monoisotopic (exact) mass is 560 g/mol. The van der Waals surface area contributed by atoms with Gasteiger partial charge >= 0.3 is 18.3 Å². The van der Waals surface area contributed by atoms with Gasteiger partial charge in [0.2, 0.25) is 5.41 Å². The van der Waals surface area contributed by atoms with E-state index in [2.05, 4.69) is 0 Å². The summed E-state index contributed by atoms with van der Waals surface area (Å²) >= 11 is 0. The van der Waals surface area contributed by atoms with Crippen molar-refractivity contribution in [3.63, 3.8) is 0 Å². The average molecular weight is 560 g/mol. The first-order chi connectivity index (χ1) is 18.8. The second kappa shape index (κ2) is 10.8. The molecule has 0 aliphatic heterocycles. The fourth-order valence-electron chi connectivity index (χ4n) is 4.04. The minimum absolute atomic E-state index is 0.0387. The topological polar surface area (TPSA) is 72.8 Å². The van der Waals surface area contributed by atoms with Crippen LogP contribution in [0.1, 0.15) is 31.8 Å². The average Bonchev–Trinajstić information content (AvgIpc) is 2.90. The van der Waals surface area contributed by atoms with Crippen LogP contribution < -0.4 is 9.47 Å². The number of carbonyl (C=O) groups is 2. The fourth-order valence-corrected chi connectivity index (χ4v) is 4.04. The van der Waals surface area contributed by atoms with Gasteiger partial charge in [-0.2, -0.15) is 26.3 Å². The molecule has 40 heavy (non-hydrogen) atoms. The van der Waals surface area contributed by atoms with Gasteiger partial charge in [0, 0.05) is 5.56 Å². The highest BCUT2D eigenvalue weighted by molar-refractivity contribution is 5.91. The maximum Gasteiger partial charge on any atom is 0.411 e. The van der Waals surface area contributed by atoms with Crippen LogP contribution in [-0.2, 0) is 5.41 Å². The molecule has 0 atom stereocenters. The largest absolute Gasteiger partial charge is 0.508 e. The third-order valence-electron chi connectivity index (χ3n) is 5.99. The molecule has 0 amide bonds. The van der Waals surface area contributed by atoms with Crippen molar-refractivity contribution in [1.82, 2.24) is 0 Å². The maximum absolute atomic E-state index is 14.2. The quantitative estimate of drug-likeness (QED) is 0.109. The SMILES string of the molecule is O=Cc1ccc(Oc2ccc(C(=O)Oc3ccc(C(c4ccc(O)cc4)(C(F)(F)F)C(F)(F)F)cc3)cc2)cc1. The molecule has 4 rings (SSSR count). The highest BCUT2D eigenvalue weighted by Crippen LogP contribution is 2.56. The number of phenolic OH excluding ortho intramolecular Hbond substituents is 1. The lowest BCUT2D eigenvalue weighted by molar-refractivity contribution is -0.288. The van der Waals surface area contributed by atoms with Crippen LogP contribution in [0.25, 0.3) is 0 Å². The molecule has 0 fully saturated rings. The molecule has 0 radical (unpaired) electrons. The number of esters is 1. The van der Waals surface area contributed by atoms with Crippen molar-refractivity contribution in [2.45, 2.75) is 17.8 Å². The molecule has 1 N–H and O–H groups in total. The number of benzene rings is 4. The van der Waals surface area contributed by atoms with Gasteiger partial charge < -0.3 is 14.6 Å². The van der Waals surface area contributed by atoms with Crippen LogP contribution >= 0.6 is 0 Å². The fraction of sp³-hybridized carbons (Fsp3) is 0.103. The van der Waals surface area contributed by atoms with Crippen molar-refractivity contribution in [2.75, 3.05) is 0 Å². The smallest absolute Gasteiger partial charge is 0.411 e. The number of carbonyl (C=O) groups excluding carboxylic acids is 2. The van der Waals surface area contributed by atoms with E-state index in [-0.39, 0.29) is 11.3 Å². The Bertz CT molecular complexity index is 1460. The van der Waals surface area contributed by atoms with Gasteiger partial charge in [-0.15, -0.1) is 0 Å². The molecule has 4 aromatic carbocycles. The molecular weight excluding hydrogens is 542 g/mol. The summed E-state index contributed by atoms with van der Waals surface area (Å²) in [7, 11) is 0. The first-order valence-corrected chi connectivity index (χ1v) is 11.4. The molecular formula is C29H18F6O5. The molecule has 0 unspecified atom stereocenters. The molecule has 0 bridgehead atoms. The van der Waals surface area contributed by atoms with E-state index in [1.54, 1.807) is 24.3 Å². The van der Waals surface area contributed by atoms with Crippen molar-refractivity contribution < 1.29 is 50.5 Å². The summed E-state index contributed by atoms with van der Waals surface area (Å²) in [5.41, 5.74) is -6.20. The summed E-state index contributed by atoms with van der Waals surface area (Å²) in [6, 6.07) is 17.3. The van der Waals surface area contributed by atoms with Crippen molar-refractivity contribution in [2.24, 2.45) is 0 Å². The molecule has 0 aliphatic carbocycles. The Morgan fingerprint density at radius 1 is 0.625 bits per heavy atom. The predicted octanol–water partition coefficient (Wildman–Crippen LogP) is 7.63. The van der Waals surface area contributed by atoms with E-state index in [1.807, 2.05) is 0 Å². The van der Waals surface area contributed by atoms with E-state index in [0.717, 1.165) is 24.3 Å². The van der Waals surface area contributed by atoms with E-state index >= 15 is 0 Å². The maximum atomic E-state index is 14.2. The molecule has 4 aromatic rings. The number of hydrogen-bond acceptors (Lipinski definition) is 5. The minimum atomic E-state index is -5.80. The predicted molar refractivity (Wildman–Crippen MR) is 131 cm³/mol. The zero-order valence-electron chi connectivity index (χ0n) is 20.2. The summed E-state index contributed by atoms with van der Waals surface area (Å²) in [5.74, 6) is -0.914. The minimum Gasteiger partial charge on any atom is -0.508 e. The van der Waals surface area contributed by atoms with Gasteiger partial charge in [0.15, 0.2) is 0 Å². The highest BCUT2D eigenvalue weighted by atomic mass is 19.4. The van der Waals surface area contributed by atoms with Crippen LogP contribution in [0.15, 0.2) is 97.1 Å². The summed E-state index contributed by atoms with van der Waals surface area (Å²) in [5, 5.41) is 9.38. The van der Waals surface area contributed by atoms with Crippen LogP contribution in [0.2, 0.25) is 0 Å². The van der Waals surface area contributed by atoms with Crippen molar-refractivity contribution in [3.8, 4) is 23.0 Å². The van der Waals surface area contributed by atoms with Crippen molar-refractivity contribution in [3.05, 3.63) is 119 Å². The summed E-state index contributed by atoms with van der Waals surface area (Å²) in [6.45, 7) is 0. The van der Waals surface area contributed by atoms with Gasteiger partial charge in [-0.25, -0.2) is 4.79 Å². The van der Waals surface area contributed by atoms with Crippen LogP contribution in [0.4, 0.5) is 26.3 Å². The van der Waals surface area contributed by atoms with Gasteiger partial charge in [-0.1, -0.05) is 24.3 Å². The molecule has 206 valence electrons. The third-order valence-corrected chi connectivity index (χ3v) is 5.99. The lowest BCUT2D eigenvalue weighted by atomic mass is 9.73. The first-order valence-electron chi connectivity index (χ1n) is 11.4. The summed E-state index contributed by atoms with van der Waals surface area (Å²) < 4.78 is 95.9. The zero-order valence-corrected chi connectivity index (χ0v) is 20.2. The van der Waals surface area contributed by atoms with E-state index in [0.29, 0.717) is 47.6 Å². The Kier molecular flexibility index (Phi) is 7.59. The van der Waals surface area contributed by atoms with Gasteiger partial charge in [-0.3, -0.25) is 4.79 Å². The summed E-state index contributed by atoms with van der Waals surface area (Å²) in [4.78, 5) is 23.3. The Labute approximate surface area is 223 Å². The molecule has 0 aromatic heterocycles. The van der Waals surface area contributed by atoms with Crippen molar-refractivity contribution >= 4 is 12.3 Å². The van der Waals surface area contributed by atoms with E-state index in [1.165, 1.54) is 24.3 Å². The van der Waals surface area contributed by atoms with E-state index in [4.69, 9.17) is 9.47 Å². The second-order valence-corrected chi connectivity index (χ2v) is 8.52. The summed E-state index contributed by atoms with van der Waals surface area (Å²) in [6.07, 6.45) is -10.9. The number of alkyl halides is 6. The third kappa shape index (κ3) is 5.49. The lowest BCUT2D eigenvalue weighted by Crippen LogP contribution is -2.54. The Morgan fingerprint density at radius 3 is 1.50 bits per heavy atom. The number of hydrogen-bond donors (Lipinski definition) is 1.